The summed E-state index contributed by atoms with van der Waals surface area (Å²) in [5.74, 6) is -0.778. The second-order valence-electron chi connectivity index (χ2n) is 9.23. The van der Waals surface area contributed by atoms with E-state index in [4.69, 9.17) is 9.84 Å². The summed E-state index contributed by atoms with van der Waals surface area (Å²) in [5, 5.41) is 8.76. The minimum atomic E-state index is -0.729. The van der Waals surface area contributed by atoms with Crippen molar-refractivity contribution in [2.75, 3.05) is 0 Å². The number of ether oxygens (including phenoxy) is 1. The fraction of sp³-hybridized carbons (Fsp3) is 0.857. The highest BCUT2D eigenvalue weighted by molar-refractivity contribution is 5.69. The molecule has 1 N–H and O–H groups in total. The molecule has 0 saturated carbocycles. The van der Waals surface area contributed by atoms with Crippen molar-refractivity contribution in [1.82, 2.24) is 0 Å². The van der Waals surface area contributed by atoms with Gasteiger partial charge in [-0.3, -0.25) is 9.59 Å². The Morgan fingerprint density at radius 1 is 0.656 bits per heavy atom. The molecule has 0 rings (SSSR count). The third-order valence-corrected chi connectivity index (χ3v) is 5.99. The number of unbranched alkanes of at least 4 members (excludes halogenated alkanes) is 13. The minimum absolute atomic E-state index is 0.00782. The van der Waals surface area contributed by atoms with Crippen molar-refractivity contribution in [3.63, 3.8) is 0 Å². The van der Waals surface area contributed by atoms with E-state index in [1.807, 2.05) is 0 Å². The van der Waals surface area contributed by atoms with Gasteiger partial charge in [0, 0.05) is 12.8 Å². The first-order valence-corrected chi connectivity index (χ1v) is 13.7. The summed E-state index contributed by atoms with van der Waals surface area (Å²) >= 11 is 0. The van der Waals surface area contributed by atoms with Gasteiger partial charge in [-0.25, -0.2) is 0 Å². The smallest absolute Gasteiger partial charge is 0.306 e. The van der Waals surface area contributed by atoms with Crippen molar-refractivity contribution in [2.45, 2.75) is 155 Å². The number of carboxylic acid groups (broad SMARTS) is 1. The lowest BCUT2D eigenvalue weighted by molar-refractivity contribution is -0.150. The number of allylic oxidation sites excluding steroid dienone is 2. The zero-order valence-electron chi connectivity index (χ0n) is 21.3. The van der Waals surface area contributed by atoms with Crippen molar-refractivity contribution < 1.29 is 19.4 Å². The van der Waals surface area contributed by atoms with Crippen molar-refractivity contribution >= 4 is 11.9 Å². The van der Waals surface area contributed by atoms with E-state index in [1.165, 1.54) is 70.6 Å². The molecule has 0 saturated heterocycles. The Morgan fingerprint density at radius 2 is 1.16 bits per heavy atom. The van der Waals surface area contributed by atoms with Crippen LogP contribution in [0.1, 0.15) is 149 Å². The zero-order chi connectivity index (χ0) is 23.7. The second-order valence-corrected chi connectivity index (χ2v) is 9.23. The van der Waals surface area contributed by atoms with Gasteiger partial charge in [0.05, 0.1) is 0 Å². The molecular weight excluding hydrogens is 400 g/mol. The molecule has 0 aliphatic rings. The van der Waals surface area contributed by atoms with Gasteiger partial charge in [0.25, 0.3) is 0 Å². The Balaban J connectivity index is 3.94. The monoisotopic (exact) mass is 452 g/mol. The average molecular weight is 453 g/mol. The van der Waals surface area contributed by atoms with Gasteiger partial charge in [-0.15, -0.1) is 0 Å². The molecule has 1 atom stereocenters. The number of hydrogen-bond acceptors (Lipinski definition) is 3. The largest absolute Gasteiger partial charge is 0.481 e. The van der Waals surface area contributed by atoms with E-state index >= 15 is 0 Å². The van der Waals surface area contributed by atoms with E-state index in [0.29, 0.717) is 12.8 Å². The molecule has 0 amide bonds. The number of carbonyl (C=O) groups excluding carboxylic acids is 1. The Labute approximate surface area is 198 Å². The molecule has 0 aromatic carbocycles. The van der Waals surface area contributed by atoms with Crippen molar-refractivity contribution in [1.29, 1.82) is 0 Å². The van der Waals surface area contributed by atoms with Crippen LogP contribution in [0.2, 0.25) is 0 Å². The molecule has 0 bridgehead atoms. The Kier molecular flexibility index (Phi) is 23.3. The first-order chi connectivity index (χ1) is 15.6. The van der Waals surface area contributed by atoms with Crippen LogP contribution in [-0.4, -0.2) is 23.1 Å². The predicted molar refractivity (Wildman–Crippen MR) is 135 cm³/mol. The molecule has 188 valence electrons. The van der Waals surface area contributed by atoms with E-state index < -0.39 is 5.97 Å². The number of carboxylic acids is 1. The van der Waals surface area contributed by atoms with E-state index in [0.717, 1.165) is 44.9 Å². The van der Waals surface area contributed by atoms with Crippen LogP contribution in [0.5, 0.6) is 0 Å². The highest BCUT2D eigenvalue weighted by Crippen LogP contribution is 2.17. The van der Waals surface area contributed by atoms with Crippen LogP contribution >= 0.6 is 0 Å². The molecule has 4 heteroatoms. The van der Waals surface area contributed by atoms with Gasteiger partial charge >= 0.3 is 11.9 Å². The van der Waals surface area contributed by atoms with E-state index in [1.54, 1.807) is 0 Å². The van der Waals surface area contributed by atoms with Crippen LogP contribution in [-0.2, 0) is 14.3 Å². The van der Waals surface area contributed by atoms with Gasteiger partial charge in [0.15, 0.2) is 0 Å². The third kappa shape index (κ3) is 23.3. The highest BCUT2D eigenvalue weighted by atomic mass is 16.5. The van der Waals surface area contributed by atoms with E-state index in [2.05, 4.69) is 26.0 Å². The van der Waals surface area contributed by atoms with Crippen LogP contribution in [0.3, 0.4) is 0 Å². The summed E-state index contributed by atoms with van der Waals surface area (Å²) in [6, 6.07) is 0. The topological polar surface area (TPSA) is 63.6 Å². The van der Waals surface area contributed by atoms with Crippen LogP contribution in [0, 0.1) is 0 Å². The lowest BCUT2D eigenvalue weighted by atomic mass is 10.0. The van der Waals surface area contributed by atoms with Gasteiger partial charge in [-0.2, -0.15) is 0 Å². The molecule has 0 spiro atoms. The maximum atomic E-state index is 12.3. The van der Waals surface area contributed by atoms with Crippen molar-refractivity contribution in [3.8, 4) is 0 Å². The SMILES string of the molecule is CCCC/C=C\CCCCCCCC(=O)OC(CCCCCCC)CCCCCC(=O)O. The number of carbonyl (C=O) groups is 2. The summed E-state index contributed by atoms with van der Waals surface area (Å²) in [4.78, 5) is 23.0. The van der Waals surface area contributed by atoms with Crippen LogP contribution in [0.15, 0.2) is 12.2 Å². The van der Waals surface area contributed by atoms with Crippen LogP contribution in [0.25, 0.3) is 0 Å². The molecule has 0 aliphatic heterocycles. The molecule has 0 fully saturated rings. The highest BCUT2D eigenvalue weighted by Gasteiger charge is 2.14. The quantitative estimate of drug-likeness (QED) is 0.0902. The maximum absolute atomic E-state index is 12.3. The zero-order valence-corrected chi connectivity index (χ0v) is 21.3. The van der Waals surface area contributed by atoms with Crippen molar-refractivity contribution in [3.05, 3.63) is 12.2 Å². The molecule has 0 aliphatic carbocycles. The Morgan fingerprint density at radius 3 is 1.81 bits per heavy atom. The molecular formula is C28H52O4. The minimum Gasteiger partial charge on any atom is -0.481 e. The number of rotatable bonds is 24. The van der Waals surface area contributed by atoms with Gasteiger partial charge in [-0.1, -0.05) is 90.2 Å². The Bertz CT molecular complexity index is 458. The third-order valence-electron chi connectivity index (χ3n) is 5.99. The standard InChI is InChI=1S/C28H52O4/c1-3-5-7-9-10-11-12-13-14-16-21-25-28(31)32-26(22-18-15-8-6-4-2)23-19-17-20-24-27(29)30/h9-10,26H,3-8,11-25H2,1-2H3,(H,29,30)/b10-9-. The van der Waals surface area contributed by atoms with Crippen LogP contribution < -0.4 is 0 Å². The first-order valence-electron chi connectivity index (χ1n) is 13.7. The van der Waals surface area contributed by atoms with E-state index in [-0.39, 0.29) is 18.5 Å². The normalized spacial score (nSPS) is 12.3. The molecule has 32 heavy (non-hydrogen) atoms. The fourth-order valence-electron chi connectivity index (χ4n) is 3.93. The summed E-state index contributed by atoms with van der Waals surface area (Å²) in [6.07, 6.45) is 26.5. The van der Waals surface area contributed by atoms with Crippen LogP contribution in [0.4, 0.5) is 0 Å². The Hall–Kier alpha value is -1.32. The lowest BCUT2D eigenvalue weighted by Crippen LogP contribution is -2.18. The molecule has 1 unspecified atom stereocenters. The first kappa shape index (κ1) is 30.7. The summed E-state index contributed by atoms with van der Waals surface area (Å²) < 4.78 is 5.81. The summed E-state index contributed by atoms with van der Waals surface area (Å²) in [6.45, 7) is 4.44. The lowest BCUT2D eigenvalue weighted by Gasteiger charge is -2.18. The molecule has 0 aromatic rings. The predicted octanol–water partition coefficient (Wildman–Crippen LogP) is 8.77. The number of aliphatic carboxylic acids is 1. The molecule has 0 aromatic heterocycles. The second kappa shape index (κ2) is 24.3. The number of hydrogen-bond donors (Lipinski definition) is 1. The average Bonchev–Trinajstić information content (AvgIpc) is 2.76. The molecule has 0 radical (unpaired) electrons. The van der Waals surface area contributed by atoms with Gasteiger partial charge in [0.2, 0.25) is 0 Å². The fourth-order valence-corrected chi connectivity index (χ4v) is 3.93. The van der Waals surface area contributed by atoms with E-state index in [9.17, 15) is 9.59 Å². The summed E-state index contributed by atoms with van der Waals surface area (Å²) in [5.41, 5.74) is 0. The summed E-state index contributed by atoms with van der Waals surface area (Å²) in [7, 11) is 0. The van der Waals surface area contributed by atoms with Crippen molar-refractivity contribution in [2.24, 2.45) is 0 Å². The van der Waals surface area contributed by atoms with Gasteiger partial charge in [-0.05, 0) is 57.8 Å². The molecule has 0 heterocycles. The number of esters is 1. The molecule has 4 nitrogen and oxygen atoms in total. The van der Waals surface area contributed by atoms with Gasteiger partial charge < -0.3 is 9.84 Å². The maximum Gasteiger partial charge on any atom is 0.306 e. The van der Waals surface area contributed by atoms with Gasteiger partial charge in [0.1, 0.15) is 6.10 Å².